The first-order chi connectivity index (χ1) is 9.30. The molecule has 0 N–H and O–H groups in total. The Balaban J connectivity index is 2.24. The van der Waals surface area contributed by atoms with Gasteiger partial charge in [0.1, 0.15) is 11.4 Å². The first-order valence-electron chi connectivity index (χ1n) is 7.23. The van der Waals surface area contributed by atoms with Gasteiger partial charge in [0.25, 0.3) is 0 Å². The molecule has 2 aromatic carbocycles. The Morgan fingerprint density at radius 1 is 1.00 bits per heavy atom. The van der Waals surface area contributed by atoms with Crippen LogP contribution >= 0.6 is 0 Å². The summed E-state index contributed by atoms with van der Waals surface area (Å²) in [6, 6.07) is 13.0. The van der Waals surface area contributed by atoms with Crippen LogP contribution in [0.4, 0.5) is 5.69 Å². The number of quaternary nitrogens is 1. The standard InChI is InChI=1S/C17H22NO/c1-3-18(12-6-7-13-18)16-10-11-17(19-2)15-9-5-4-8-14(15)16/h4-5,8-11H,3,6-7,12-13H2,1-2H3/q+1. The third kappa shape index (κ3) is 1.91. The van der Waals surface area contributed by atoms with Crippen molar-refractivity contribution in [1.29, 1.82) is 0 Å². The van der Waals surface area contributed by atoms with Crippen molar-refractivity contribution in [3.63, 3.8) is 0 Å². The smallest absolute Gasteiger partial charge is 0.141 e. The Bertz CT molecular complexity index is 585. The molecule has 0 radical (unpaired) electrons. The van der Waals surface area contributed by atoms with E-state index < -0.39 is 0 Å². The maximum absolute atomic E-state index is 5.50. The summed E-state index contributed by atoms with van der Waals surface area (Å²) in [7, 11) is 1.75. The molecule has 0 aromatic heterocycles. The first kappa shape index (κ1) is 12.5. The zero-order valence-corrected chi connectivity index (χ0v) is 11.9. The fourth-order valence-corrected chi connectivity index (χ4v) is 3.52. The van der Waals surface area contributed by atoms with E-state index in [-0.39, 0.29) is 0 Å². The van der Waals surface area contributed by atoms with E-state index in [0.717, 1.165) is 10.2 Å². The molecule has 19 heavy (non-hydrogen) atoms. The second kappa shape index (κ2) is 4.86. The van der Waals surface area contributed by atoms with Crippen LogP contribution in [-0.2, 0) is 0 Å². The van der Waals surface area contributed by atoms with Crippen LogP contribution in [-0.4, -0.2) is 26.7 Å². The lowest BCUT2D eigenvalue weighted by molar-refractivity contribution is 0.353. The molecule has 1 aliphatic rings. The number of rotatable bonds is 3. The third-order valence-electron chi connectivity index (χ3n) is 4.62. The van der Waals surface area contributed by atoms with Gasteiger partial charge in [0.05, 0.1) is 26.7 Å². The molecule has 1 heterocycles. The highest BCUT2D eigenvalue weighted by Crippen LogP contribution is 2.39. The van der Waals surface area contributed by atoms with E-state index in [9.17, 15) is 0 Å². The summed E-state index contributed by atoms with van der Waals surface area (Å²) in [5, 5.41) is 2.59. The van der Waals surface area contributed by atoms with Crippen LogP contribution < -0.4 is 9.22 Å². The van der Waals surface area contributed by atoms with Crippen LogP contribution in [0.2, 0.25) is 0 Å². The van der Waals surface area contributed by atoms with E-state index in [1.165, 1.54) is 48.9 Å². The second-order valence-electron chi connectivity index (χ2n) is 5.45. The molecule has 0 atom stereocenters. The molecular weight excluding hydrogens is 234 g/mol. The summed E-state index contributed by atoms with van der Waals surface area (Å²) >= 11 is 0. The molecule has 0 unspecified atom stereocenters. The van der Waals surface area contributed by atoms with Crippen molar-refractivity contribution in [3.05, 3.63) is 36.4 Å². The minimum atomic E-state index is 0.979. The normalized spacial score (nSPS) is 17.8. The molecule has 1 saturated heterocycles. The Hall–Kier alpha value is -1.54. The molecule has 2 nitrogen and oxygen atoms in total. The van der Waals surface area contributed by atoms with Crippen LogP contribution in [0.25, 0.3) is 10.8 Å². The summed E-state index contributed by atoms with van der Waals surface area (Å²) in [6.07, 6.45) is 2.68. The number of likely N-dealkylation sites (tertiary alicyclic amines) is 1. The molecular formula is C17H22NO+. The number of methoxy groups -OCH3 is 1. The van der Waals surface area contributed by atoms with Gasteiger partial charge in [0, 0.05) is 29.7 Å². The summed E-state index contributed by atoms with van der Waals surface area (Å²) in [5.41, 5.74) is 1.47. The molecule has 100 valence electrons. The van der Waals surface area contributed by atoms with E-state index in [4.69, 9.17) is 4.74 Å². The Morgan fingerprint density at radius 2 is 1.68 bits per heavy atom. The van der Waals surface area contributed by atoms with Crippen molar-refractivity contribution in [2.45, 2.75) is 19.8 Å². The lowest BCUT2D eigenvalue weighted by Crippen LogP contribution is -2.46. The molecule has 0 amide bonds. The van der Waals surface area contributed by atoms with Crippen LogP contribution in [0.15, 0.2) is 36.4 Å². The number of hydrogen-bond acceptors (Lipinski definition) is 1. The summed E-state index contributed by atoms with van der Waals surface area (Å²) < 4.78 is 6.63. The average Bonchev–Trinajstić information content (AvgIpc) is 2.96. The fraction of sp³-hybridized carbons (Fsp3) is 0.412. The summed E-state index contributed by atoms with van der Waals surface area (Å²) in [6.45, 7) is 6.03. The van der Waals surface area contributed by atoms with Crippen molar-refractivity contribution >= 4 is 16.5 Å². The van der Waals surface area contributed by atoms with Crippen molar-refractivity contribution in [2.24, 2.45) is 0 Å². The van der Waals surface area contributed by atoms with Gasteiger partial charge >= 0.3 is 0 Å². The average molecular weight is 256 g/mol. The highest BCUT2D eigenvalue weighted by Gasteiger charge is 2.34. The van der Waals surface area contributed by atoms with Gasteiger partial charge in [-0.3, -0.25) is 4.48 Å². The van der Waals surface area contributed by atoms with E-state index in [0.29, 0.717) is 0 Å². The maximum atomic E-state index is 5.50. The molecule has 0 saturated carbocycles. The predicted octanol–water partition coefficient (Wildman–Crippen LogP) is 3.97. The highest BCUT2D eigenvalue weighted by molar-refractivity contribution is 5.97. The van der Waals surface area contributed by atoms with Gasteiger partial charge in [-0.2, -0.15) is 0 Å². The lowest BCUT2D eigenvalue weighted by Gasteiger charge is -2.33. The first-order valence-corrected chi connectivity index (χ1v) is 7.23. The second-order valence-corrected chi connectivity index (χ2v) is 5.45. The minimum absolute atomic E-state index is 0.979. The zero-order valence-electron chi connectivity index (χ0n) is 11.9. The van der Waals surface area contributed by atoms with Gasteiger partial charge in [-0.05, 0) is 19.1 Å². The molecule has 1 aliphatic heterocycles. The molecule has 2 heteroatoms. The monoisotopic (exact) mass is 256 g/mol. The number of nitrogens with zero attached hydrogens (tertiary/aromatic N) is 1. The van der Waals surface area contributed by atoms with Crippen molar-refractivity contribution in [3.8, 4) is 5.75 Å². The van der Waals surface area contributed by atoms with Gasteiger partial charge in [-0.15, -0.1) is 0 Å². The van der Waals surface area contributed by atoms with Crippen LogP contribution in [0, 0.1) is 0 Å². The van der Waals surface area contributed by atoms with Crippen molar-refractivity contribution in [1.82, 2.24) is 4.48 Å². The van der Waals surface area contributed by atoms with Gasteiger partial charge in [0.2, 0.25) is 0 Å². The van der Waals surface area contributed by atoms with E-state index in [1.807, 2.05) is 0 Å². The highest BCUT2D eigenvalue weighted by atomic mass is 16.5. The topological polar surface area (TPSA) is 9.23 Å². The molecule has 1 fully saturated rings. The number of hydrogen-bond donors (Lipinski definition) is 0. The van der Waals surface area contributed by atoms with Gasteiger partial charge in [-0.25, -0.2) is 0 Å². The Kier molecular flexibility index (Phi) is 3.19. The minimum Gasteiger partial charge on any atom is -0.496 e. The zero-order chi connectivity index (χ0) is 13.3. The molecule has 3 rings (SSSR count). The van der Waals surface area contributed by atoms with Crippen LogP contribution in [0.3, 0.4) is 0 Å². The predicted molar refractivity (Wildman–Crippen MR) is 81.8 cm³/mol. The molecule has 2 aromatic rings. The largest absolute Gasteiger partial charge is 0.496 e. The van der Waals surface area contributed by atoms with E-state index in [1.54, 1.807) is 7.11 Å². The number of ether oxygens (including phenoxy) is 1. The summed E-state index contributed by atoms with van der Waals surface area (Å²) in [5.74, 6) is 0.979. The lowest BCUT2D eigenvalue weighted by atomic mass is 10.1. The maximum Gasteiger partial charge on any atom is 0.141 e. The van der Waals surface area contributed by atoms with Crippen molar-refractivity contribution in [2.75, 3.05) is 26.7 Å². The number of fused-ring (bicyclic) bond motifs is 1. The van der Waals surface area contributed by atoms with Gasteiger partial charge in [0.15, 0.2) is 0 Å². The molecule has 0 bridgehead atoms. The fourth-order valence-electron chi connectivity index (χ4n) is 3.52. The van der Waals surface area contributed by atoms with Crippen LogP contribution in [0.5, 0.6) is 5.75 Å². The van der Waals surface area contributed by atoms with Crippen molar-refractivity contribution < 1.29 is 4.74 Å². The quantitative estimate of drug-likeness (QED) is 0.755. The van der Waals surface area contributed by atoms with Crippen LogP contribution in [0.1, 0.15) is 19.8 Å². The molecule has 0 spiro atoms. The number of benzene rings is 2. The third-order valence-corrected chi connectivity index (χ3v) is 4.62. The van der Waals surface area contributed by atoms with Gasteiger partial charge < -0.3 is 4.74 Å². The van der Waals surface area contributed by atoms with Gasteiger partial charge in [-0.1, -0.05) is 18.2 Å². The van der Waals surface area contributed by atoms with E-state index in [2.05, 4.69) is 43.3 Å². The van der Waals surface area contributed by atoms with E-state index >= 15 is 0 Å². The Labute approximate surface area is 115 Å². The Morgan fingerprint density at radius 3 is 2.32 bits per heavy atom. The SMILES string of the molecule is CC[N+]1(c2ccc(OC)c3ccccc23)CCCC1. The summed E-state index contributed by atoms with van der Waals surface area (Å²) in [4.78, 5) is 0. The molecule has 0 aliphatic carbocycles.